The number of aliphatic hydroxyl groups is 1. The van der Waals surface area contributed by atoms with Crippen LogP contribution in [0.1, 0.15) is 62.0 Å². The van der Waals surface area contributed by atoms with E-state index >= 15 is 0 Å². The van der Waals surface area contributed by atoms with E-state index in [-0.39, 0.29) is 24.6 Å². The molecule has 134 valence electrons. The molecule has 1 aromatic heterocycles. The minimum absolute atomic E-state index is 0.0857. The summed E-state index contributed by atoms with van der Waals surface area (Å²) >= 11 is 0. The van der Waals surface area contributed by atoms with E-state index in [0.29, 0.717) is 11.8 Å². The number of nitrogens with zero attached hydrogens (tertiary/aromatic N) is 2. The minimum Gasteiger partial charge on any atom is -0.394 e. The van der Waals surface area contributed by atoms with Gasteiger partial charge in [-0.3, -0.25) is 0 Å². The third-order valence-corrected chi connectivity index (χ3v) is 4.31. The Labute approximate surface area is 146 Å². The molecule has 2 aromatic rings. The zero-order valence-electron chi connectivity index (χ0n) is 14.5. The summed E-state index contributed by atoms with van der Waals surface area (Å²) in [4.78, 5) is 16.8. The summed E-state index contributed by atoms with van der Waals surface area (Å²) < 4.78 is 5.35. The Bertz CT molecular complexity index is 697. The SMILES string of the molecule is CC(C)C(NC(=O)NC(CO)c1ccccc1)c1nc(C2CC2)no1. The number of aromatic nitrogens is 2. The van der Waals surface area contributed by atoms with Crippen LogP contribution in [-0.2, 0) is 0 Å². The highest BCUT2D eigenvalue weighted by atomic mass is 16.5. The van der Waals surface area contributed by atoms with Gasteiger partial charge in [-0.05, 0) is 24.3 Å². The average molecular weight is 344 g/mol. The third kappa shape index (κ3) is 4.36. The van der Waals surface area contributed by atoms with Crippen LogP contribution in [0.4, 0.5) is 4.79 Å². The summed E-state index contributed by atoms with van der Waals surface area (Å²) in [7, 11) is 0. The summed E-state index contributed by atoms with van der Waals surface area (Å²) in [6.07, 6.45) is 2.18. The lowest BCUT2D eigenvalue weighted by Gasteiger charge is -2.22. The van der Waals surface area contributed by atoms with Gasteiger partial charge in [-0.25, -0.2) is 4.79 Å². The second-order valence-electron chi connectivity index (χ2n) is 6.75. The number of hydrogen-bond acceptors (Lipinski definition) is 5. The predicted octanol–water partition coefficient (Wildman–Crippen LogP) is 2.68. The number of carbonyl (C=O) groups excluding carboxylic acids is 1. The molecule has 2 amide bonds. The monoisotopic (exact) mass is 344 g/mol. The maximum atomic E-state index is 12.4. The van der Waals surface area contributed by atoms with Gasteiger partial charge in [0.2, 0.25) is 5.89 Å². The molecular weight excluding hydrogens is 320 g/mol. The Morgan fingerprint density at radius 3 is 2.60 bits per heavy atom. The van der Waals surface area contributed by atoms with Gasteiger partial charge in [0.05, 0.1) is 12.6 Å². The molecule has 1 aliphatic rings. The van der Waals surface area contributed by atoms with E-state index in [0.717, 1.165) is 24.2 Å². The molecule has 1 aliphatic carbocycles. The van der Waals surface area contributed by atoms with Crippen molar-refractivity contribution in [2.45, 2.75) is 44.7 Å². The largest absolute Gasteiger partial charge is 0.394 e. The molecule has 3 N–H and O–H groups in total. The van der Waals surface area contributed by atoms with E-state index in [1.807, 2.05) is 44.2 Å². The minimum atomic E-state index is -0.473. The first-order chi connectivity index (χ1) is 12.1. The third-order valence-electron chi connectivity index (χ3n) is 4.31. The zero-order chi connectivity index (χ0) is 17.8. The molecule has 7 heteroatoms. The number of hydrogen-bond donors (Lipinski definition) is 3. The summed E-state index contributed by atoms with van der Waals surface area (Å²) in [5.74, 6) is 1.63. The molecule has 7 nitrogen and oxygen atoms in total. The number of amides is 2. The summed E-state index contributed by atoms with van der Waals surface area (Å²) in [5.41, 5.74) is 0.843. The molecule has 0 aliphatic heterocycles. The molecule has 1 aromatic carbocycles. The van der Waals surface area contributed by atoms with Gasteiger partial charge in [0.1, 0.15) is 6.04 Å². The van der Waals surface area contributed by atoms with Crippen LogP contribution in [0.25, 0.3) is 0 Å². The summed E-state index contributed by atoms with van der Waals surface area (Å²) in [6.45, 7) is 3.77. The van der Waals surface area contributed by atoms with Gasteiger partial charge in [-0.1, -0.05) is 49.3 Å². The van der Waals surface area contributed by atoms with Crippen molar-refractivity contribution in [1.29, 1.82) is 0 Å². The average Bonchev–Trinajstić information content (AvgIpc) is 3.36. The van der Waals surface area contributed by atoms with Crippen LogP contribution < -0.4 is 10.6 Å². The number of rotatable bonds is 7. The molecule has 1 saturated carbocycles. The van der Waals surface area contributed by atoms with E-state index in [1.54, 1.807) is 0 Å². The van der Waals surface area contributed by atoms with Crippen molar-refractivity contribution in [3.8, 4) is 0 Å². The van der Waals surface area contributed by atoms with Crippen LogP contribution in [0, 0.1) is 5.92 Å². The molecule has 3 rings (SSSR count). The quantitative estimate of drug-likeness (QED) is 0.717. The smallest absolute Gasteiger partial charge is 0.316 e. The fourth-order valence-electron chi connectivity index (χ4n) is 2.66. The number of aliphatic hydroxyl groups excluding tert-OH is 1. The van der Waals surface area contributed by atoms with Crippen molar-refractivity contribution in [1.82, 2.24) is 20.8 Å². The Morgan fingerprint density at radius 2 is 2.00 bits per heavy atom. The number of carbonyl (C=O) groups is 1. The predicted molar refractivity (Wildman–Crippen MR) is 91.8 cm³/mol. The molecule has 0 spiro atoms. The van der Waals surface area contributed by atoms with Crippen LogP contribution in [-0.4, -0.2) is 27.9 Å². The number of urea groups is 1. The molecule has 0 bridgehead atoms. The van der Waals surface area contributed by atoms with E-state index in [1.165, 1.54) is 0 Å². The maximum absolute atomic E-state index is 12.4. The van der Waals surface area contributed by atoms with E-state index in [9.17, 15) is 9.90 Å². The highest BCUT2D eigenvalue weighted by Gasteiger charge is 2.31. The first-order valence-corrected chi connectivity index (χ1v) is 8.64. The Kier molecular flexibility index (Phi) is 5.33. The second-order valence-corrected chi connectivity index (χ2v) is 6.75. The van der Waals surface area contributed by atoms with Crippen molar-refractivity contribution in [2.75, 3.05) is 6.61 Å². The van der Waals surface area contributed by atoms with Crippen LogP contribution >= 0.6 is 0 Å². The Hall–Kier alpha value is -2.41. The lowest BCUT2D eigenvalue weighted by atomic mass is 10.0. The van der Waals surface area contributed by atoms with Gasteiger partial charge in [-0.2, -0.15) is 4.98 Å². The first-order valence-electron chi connectivity index (χ1n) is 8.64. The van der Waals surface area contributed by atoms with Crippen molar-refractivity contribution < 1.29 is 14.4 Å². The van der Waals surface area contributed by atoms with Gasteiger partial charge in [0.25, 0.3) is 0 Å². The molecule has 25 heavy (non-hydrogen) atoms. The van der Waals surface area contributed by atoms with Crippen molar-refractivity contribution >= 4 is 6.03 Å². The van der Waals surface area contributed by atoms with E-state index in [4.69, 9.17) is 4.52 Å². The van der Waals surface area contributed by atoms with Gasteiger partial charge < -0.3 is 20.3 Å². The topological polar surface area (TPSA) is 100 Å². The van der Waals surface area contributed by atoms with Gasteiger partial charge in [0, 0.05) is 5.92 Å². The first kappa shape index (κ1) is 17.4. The van der Waals surface area contributed by atoms with E-state index < -0.39 is 6.04 Å². The van der Waals surface area contributed by atoms with Crippen LogP contribution in [0.5, 0.6) is 0 Å². The second kappa shape index (κ2) is 7.65. The zero-order valence-corrected chi connectivity index (χ0v) is 14.5. The standard InChI is InChI=1S/C18H24N4O3/c1-11(2)15(17-21-16(22-25-17)13-8-9-13)20-18(24)19-14(10-23)12-6-4-3-5-7-12/h3-7,11,13-15,23H,8-10H2,1-2H3,(H2,19,20,24). The van der Waals surface area contributed by atoms with Crippen molar-refractivity contribution in [3.05, 3.63) is 47.6 Å². The molecule has 1 fully saturated rings. The maximum Gasteiger partial charge on any atom is 0.316 e. The van der Waals surface area contributed by atoms with Gasteiger partial charge in [0.15, 0.2) is 5.82 Å². The molecule has 1 heterocycles. The normalized spacial score (nSPS) is 16.5. The molecule has 2 atom stereocenters. The molecule has 0 saturated heterocycles. The molecule has 2 unspecified atom stereocenters. The van der Waals surface area contributed by atoms with E-state index in [2.05, 4.69) is 20.8 Å². The van der Waals surface area contributed by atoms with Crippen LogP contribution in [0.2, 0.25) is 0 Å². The highest BCUT2D eigenvalue weighted by Crippen LogP contribution is 2.38. The summed E-state index contributed by atoms with van der Waals surface area (Å²) in [6, 6.07) is 8.11. The van der Waals surface area contributed by atoms with Gasteiger partial charge >= 0.3 is 6.03 Å². The summed E-state index contributed by atoms with van der Waals surface area (Å²) in [5, 5.41) is 19.3. The lowest BCUT2D eigenvalue weighted by molar-refractivity contribution is 0.206. The number of nitrogens with one attached hydrogen (secondary N) is 2. The van der Waals surface area contributed by atoms with Crippen LogP contribution in [0.15, 0.2) is 34.9 Å². The highest BCUT2D eigenvalue weighted by molar-refractivity contribution is 5.74. The number of benzene rings is 1. The van der Waals surface area contributed by atoms with Crippen molar-refractivity contribution in [3.63, 3.8) is 0 Å². The van der Waals surface area contributed by atoms with Gasteiger partial charge in [-0.15, -0.1) is 0 Å². The molecular formula is C18H24N4O3. The van der Waals surface area contributed by atoms with Crippen LogP contribution in [0.3, 0.4) is 0 Å². The molecule has 0 radical (unpaired) electrons. The van der Waals surface area contributed by atoms with Crippen molar-refractivity contribution in [2.24, 2.45) is 5.92 Å². The Morgan fingerprint density at radius 1 is 1.28 bits per heavy atom. The lowest BCUT2D eigenvalue weighted by Crippen LogP contribution is -2.42. The Balaban J connectivity index is 1.65. The fourth-order valence-corrected chi connectivity index (χ4v) is 2.66. The fraction of sp³-hybridized carbons (Fsp3) is 0.500.